The lowest BCUT2D eigenvalue weighted by atomic mass is 10.1. The Kier molecular flexibility index (Phi) is 6.39. The second kappa shape index (κ2) is 10.1. The van der Waals surface area contributed by atoms with Crippen LogP contribution in [0.15, 0.2) is 109 Å². The van der Waals surface area contributed by atoms with E-state index >= 15 is 0 Å². The topological polar surface area (TPSA) is 55.6 Å². The minimum Gasteiger partial charge on any atom is -0.423 e. The molecule has 5 aromatic rings. The van der Waals surface area contributed by atoms with Crippen molar-refractivity contribution in [1.82, 2.24) is 9.38 Å². The first-order valence-electron chi connectivity index (χ1n) is 11.5. The van der Waals surface area contributed by atoms with E-state index in [2.05, 4.69) is 17.4 Å². The van der Waals surface area contributed by atoms with Crippen molar-refractivity contribution < 1.29 is 9.53 Å². The number of para-hydroxylation sites is 1. The average molecular weight is 460 g/mol. The Morgan fingerprint density at radius 1 is 0.914 bits per heavy atom. The SMILES string of the molecule is Cc1cccn2c(NCc3ccccc3)c(-c3ccccc3OC(=O)/C=C/c3ccccc3)nc12. The second-order valence-corrected chi connectivity index (χ2v) is 8.19. The van der Waals surface area contributed by atoms with Crippen LogP contribution in [-0.2, 0) is 11.3 Å². The molecule has 0 unspecified atom stereocenters. The molecule has 0 aliphatic carbocycles. The molecule has 0 aliphatic rings. The van der Waals surface area contributed by atoms with Gasteiger partial charge < -0.3 is 10.1 Å². The lowest BCUT2D eigenvalue weighted by Crippen LogP contribution is -2.06. The summed E-state index contributed by atoms with van der Waals surface area (Å²) in [6.45, 7) is 2.67. The molecule has 35 heavy (non-hydrogen) atoms. The minimum atomic E-state index is -0.444. The number of fused-ring (bicyclic) bond motifs is 1. The first kappa shape index (κ1) is 22.2. The predicted molar refractivity (Wildman–Crippen MR) is 140 cm³/mol. The van der Waals surface area contributed by atoms with Gasteiger partial charge in [0.05, 0.1) is 0 Å². The molecule has 0 amide bonds. The number of rotatable bonds is 7. The van der Waals surface area contributed by atoms with E-state index in [1.165, 1.54) is 6.08 Å². The summed E-state index contributed by atoms with van der Waals surface area (Å²) in [5, 5.41) is 3.55. The molecule has 172 valence electrons. The van der Waals surface area contributed by atoms with Gasteiger partial charge >= 0.3 is 5.97 Å². The van der Waals surface area contributed by atoms with Gasteiger partial charge in [-0.15, -0.1) is 0 Å². The number of aromatic nitrogens is 2. The van der Waals surface area contributed by atoms with Crippen LogP contribution in [-0.4, -0.2) is 15.4 Å². The molecule has 2 heterocycles. The molecule has 5 heteroatoms. The van der Waals surface area contributed by atoms with Crippen LogP contribution in [0.2, 0.25) is 0 Å². The second-order valence-electron chi connectivity index (χ2n) is 8.19. The Balaban J connectivity index is 1.50. The standard InChI is InChI=1S/C30H25N3O2/c1-22-11-10-20-33-29(22)32-28(30(33)31-21-24-14-6-3-7-15-24)25-16-8-9-17-26(25)35-27(34)19-18-23-12-4-2-5-13-23/h2-20,31H,21H2,1H3/b19-18+. The normalized spacial score (nSPS) is 11.1. The Labute approximate surface area is 204 Å². The first-order valence-corrected chi connectivity index (χ1v) is 11.5. The van der Waals surface area contributed by atoms with E-state index in [0.29, 0.717) is 12.3 Å². The van der Waals surface area contributed by atoms with Crippen LogP contribution in [0.3, 0.4) is 0 Å². The van der Waals surface area contributed by atoms with Crippen LogP contribution < -0.4 is 10.1 Å². The van der Waals surface area contributed by atoms with Crippen LogP contribution in [0, 0.1) is 6.92 Å². The van der Waals surface area contributed by atoms with Crippen LogP contribution in [0.25, 0.3) is 23.0 Å². The average Bonchev–Trinajstić information content (AvgIpc) is 3.27. The zero-order valence-electron chi connectivity index (χ0n) is 19.4. The van der Waals surface area contributed by atoms with Crippen molar-refractivity contribution in [2.24, 2.45) is 0 Å². The number of hydrogen-bond acceptors (Lipinski definition) is 4. The van der Waals surface area contributed by atoms with Gasteiger partial charge in [0.25, 0.3) is 0 Å². The fraction of sp³-hybridized carbons (Fsp3) is 0.0667. The number of nitrogens with zero attached hydrogens (tertiary/aromatic N) is 2. The van der Waals surface area contributed by atoms with E-state index in [-0.39, 0.29) is 0 Å². The quantitative estimate of drug-likeness (QED) is 0.171. The zero-order valence-corrected chi connectivity index (χ0v) is 19.4. The monoisotopic (exact) mass is 459 g/mol. The molecule has 2 aromatic heterocycles. The molecule has 5 nitrogen and oxygen atoms in total. The van der Waals surface area contributed by atoms with Gasteiger partial charge in [0.1, 0.15) is 22.9 Å². The first-order chi connectivity index (χ1) is 17.2. The molecular formula is C30H25N3O2. The fourth-order valence-corrected chi connectivity index (χ4v) is 3.96. The number of carbonyl (C=O) groups is 1. The van der Waals surface area contributed by atoms with Crippen LogP contribution in [0.4, 0.5) is 5.82 Å². The van der Waals surface area contributed by atoms with E-state index in [1.807, 2.05) is 96.4 Å². The molecule has 0 fully saturated rings. The zero-order chi connectivity index (χ0) is 24.0. The summed E-state index contributed by atoms with van der Waals surface area (Å²) in [7, 11) is 0. The van der Waals surface area contributed by atoms with E-state index in [9.17, 15) is 4.79 Å². The number of carbonyl (C=O) groups excluding carboxylic acids is 1. The number of pyridine rings is 1. The number of benzene rings is 3. The van der Waals surface area contributed by atoms with Crippen molar-refractivity contribution in [3.8, 4) is 17.0 Å². The highest BCUT2D eigenvalue weighted by Gasteiger charge is 2.19. The molecule has 3 aromatic carbocycles. The van der Waals surface area contributed by atoms with Crippen molar-refractivity contribution in [2.45, 2.75) is 13.5 Å². The van der Waals surface area contributed by atoms with E-state index < -0.39 is 5.97 Å². The Bertz CT molecular complexity index is 1490. The number of imidazole rings is 1. The van der Waals surface area contributed by atoms with Crippen molar-refractivity contribution >= 4 is 23.5 Å². The molecular weight excluding hydrogens is 434 g/mol. The predicted octanol–water partition coefficient (Wildman–Crippen LogP) is 6.54. The third-order valence-corrected chi connectivity index (χ3v) is 5.71. The summed E-state index contributed by atoms with van der Waals surface area (Å²) in [6.07, 6.45) is 5.17. The molecule has 0 spiro atoms. The highest BCUT2D eigenvalue weighted by Crippen LogP contribution is 2.36. The number of esters is 1. The number of ether oxygens (including phenoxy) is 1. The lowest BCUT2D eigenvalue weighted by molar-refractivity contribution is -0.128. The summed E-state index contributed by atoms with van der Waals surface area (Å²) >= 11 is 0. The summed E-state index contributed by atoms with van der Waals surface area (Å²) in [5.74, 6) is 0.856. The van der Waals surface area contributed by atoms with Crippen molar-refractivity contribution in [1.29, 1.82) is 0 Å². The van der Waals surface area contributed by atoms with E-state index in [0.717, 1.165) is 39.4 Å². The molecule has 0 saturated heterocycles. The van der Waals surface area contributed by atoms with Crippen LogP contribution in [0.1, 0.15) is 16.7 Å². The molecule has 0 bridgehead atoms. The minimum absolute atomic E-state index is 0.444. The molecule has 0 saturated carbocycles. The van der Waals surface area contributed by atoms with Crippen molar-refractivity contribution in [3.63, 3.8) is 0 Å². The Hall–Kier alpha value is -4.64. The third-order valence-electron chi connectivity index (χ3n) is 5.71. The summed E-state index contributed by atoms with van der Waals surface area (Å²) in [5.41, 5.74) is 5.47. The maximum atomic E-state index is 12.6. The smallest absolute Gasteiger partial charge is 0.336 e. The summed E-state index contributed by atoms with van der Waals surface area (Å²) in [4.78, 5) is 17.6. The van der Waals surface area contributed by atoms with Crippen molar-refractivity contribution in [3.05, 3.63) is 126 Å². The number of aryl methyl sites for hydroxylation is 1. The lowest BCUT2D eigenvalue weighted by Gasteiger charge is -2.11. The third kappa shape index (κ3) is 4.99. The number of nitrogens with one attached hydrogen (secondary N) is 1. The van der Waals surface area contributed by atoms with Gasteiger partial charge in [-0.25, -0.2) is 9.78 Å². The van der Waals surface area contributed by atoms with Gasteiger partial charge in [-0.3, -0.25) is 4.40 Å². The molecule has 1 N–H and O–H groups in total. The maximum absolute atomic E-state index is 12.6. The summed E-state index contributed by atoms with van der Waals surface area (Å²) < 4.78 is 7.81. The Morgan fingerprint density at radius 2 is 1.63 bits per heavy atom. The van der Waals surface area contributed by atoms with Gasteiger partial charge in [0, 0.05) is 24.4 Å². The highest BCUT2D eigenvalue weighted by molar-refractivity contribution is 5.90. The van der Waals surface area contributed by atoms with Crippen LogP contribution >= 0.6 is 0 Å². The summed E-state index contributed by atoms with van der Waals surface area (Å²) in [6, 6.07) is 31.4. The molecule has 0 aliphatic heterocycles. The fourth-order valence-electron chi connectivity index (χ4n) is 3.96. The van der Waals surface area contributed by atoms with E-state index in [1.54, 1.807) is 12.1 Å². The van der Waals surface area contributed by atoms with Crippen LogP contribution in [0.5, 0.6) is 5.75 Å². The van der Waals surface area contributed by atoms with Gasteiger partial charge in [-0.05, 0) is 47.9 Å². The van der Waals surface area contributed by atoms with Gasteiger partial charge in [0.15, 0.2) is 0 Å². The number of anilines is 1. The Morgan fingerprint density at radius 3 is 2.43 bits per heavy atom. The highest BCUT2D eigenvalue weighted by atomic mass is 16.5. The maximum Gasteiger partial charge on any atom is 0.336 e. The van der Waals surface area contributed by atoms with Gasteiger partial charge in [-0.1, -0.05) is 78.9 Å². The largest absolute Gasteiger partial charge is 0.423 e. The molecule has 0 atom stereocenters. The van der Waals surface area contributed by atoms with Gasteiger partial charge in [-0.2, -0.15) is 0 Å². The molecule has 5 rings (SSSR count). The van der Waals surface area contributed by atoms with Crippen molar-refractivity contribution in [2.75, 3.05) is 5.32 Å². The number of hydrogen-bond donors (Lipinski definition) is 1. The van der Waals surface area contributed by atoms with Gasteiger partial charge in [0.2, 0.25) is 0 Å². The van der Waals surface area contributed by atoms with E-state index in [4.69, 9.17) is 9.72 Å². The molecule has 0 radical (unpaired) electrons.